The number of amides is 1. The molecule has 0 saturated heterocycles. The number of halogens is 1. The molecule has 0 spiro atoms. The number of carbonyl (C=O) groups is 2. The molecule has 0 radical (unpaired) electrons. The van der Waals surface area contributed by atoms with Crippen LogP contribution in [0, 0.1) is 0 Å². The summed E-state index contributed by atoms with van der Waals surface area (Å²) in [5.74, 6) is -1.53. The highest BCUT2D eigenvalue weighted by Crippen LogP contribution is 1.86. The van der Waals surface area contributed by atoms with Crippen LogP contribution < -0.4 is 5.32 Å². The Balaban J connectivity index is 3.08. The van der Waals surface area contributed by atoms with Crippen LogP contribution in [0.15, 0.2) is 0 Å². The highest BCUT2D eigenvalue weighted by atomic mass is 19.1. The van der Waals surface area contributed by atoms with Gasteiger partial charge in [0.15, 0.2) is 0 Å². The minimum atomic E-state index is -1.13. The first-order chi connectivity index (χ1) is 19.2. The predicted octanol–water partition coefficient (Wildman–Crippen LogP) is -0.677. The van der Waals surface area contributed by atoms with Crippen molar-refractivity contribution in [2.75, 3.05) is 145 Å². The normalized spacial score (nSPS) is 11.2. The third kappa shape index (κ3) is 34.4. The molecule has 0 atom stereocenters. The van der Waals surface area contributed by atoms with E-state index in [1.54, 1.807) is 0 Å². The van der Waals surface area contributed by atoms with Crippen LogP contribution in [0.1, 0.15) is 0 Å². The van der Waals surface area contributed by atoms with Gasteiger partial charge in [-0.1, -0.05) is 0 Å². The Kier molecular flexibility index (Phi) is 31.4. The summed E-state index contributed by atoms with van der Waals surface area (Å²) in [6, 6.07) is 0. The van der Waals surface area contributed by atoms with Crippen molar-refractivity contribution in [2.24, 2.45) is 0 Å². The van der Waals surface area contributed by atoms with E-state index in [2.05, 4.69) is 10.1 Å². The van der Waals surface area contributed by atoms with Gasteiger partial charge in [0, 0.05) is 6.54 Å². The third-order valence-electron chi connectivity index (χ3n) is 4.22. The van der Waals surface area contributed by atoms with E-state index < -0.39 is 25.2 Å². The van der Waals surface area contributed by atoms with E-state index in [1.165, 1.54) is 0 Å². The summed E-state index contributed by atoms with van der Waals surface area (Å²) in [4.78, 5) is 21.6. The summed E-state index contributed by atoms with van der Waals surface area (Å²) in [7, 11) is 0. The van der Waals surface area contributed by atoms with Crippen LogP contribution in [0.4, 0.5) is 4.39 Å². The molecule has 0 bridgehead atoms. The van der Waals surface area contributed by atoms with Crippen molar-refractivity contribution in [1.29, 1.82) is 0 Å². The second-order valence-electron chi connectivity index (χ2n) is 7.44. The Labute approximate surface area is 229 Å². The molecule has 0 aromatic heterocycles. The molecule has 0 fully saturated rings. The van der Waals surface area contributed by atoms with Crippen molar-refractivity contribution in [2.45, 2.75) is 0 Å². The first kappa shape index (κ1) is 37.5. The average Bonchev–Trinajstić information content (AvgIpc) is 2.92. The number of rotatable bonds is 33. The second kappa shape index (κ2) is 32.7. The minimum Gasteiger partial charge on any atom is -0.480 e. The second-order valence-corrected chi connectivity index (χ2v) is 7.44. The van der Waals surface area contributed by atoms with Crippen LogP contribution in [-0.4, -0.2) is 162 Å². The minimum absolute atomic E-state index is 0.104. The molecule has 0 saturated carbocycles. The zero-order valence-corrected chi connectivity index (χ0v) is 22.8. The number of nitrogens with one attached hydrogen (secondary N) is 1. The molecule has 0 heterocycles. The fourth-order valence-electron chi connectivity index (χ4n) is 2.46. The molecule has 1 amide bonds. The summed E-state index contributed by atoms with van der Waals surface area (Å²) in [5, 5.41) is 10.9. The summed E-state index contributed by atoms with van der Waals surface area (Å²) in [5.41, 5.74) is 0. The lowest BCUT2D eigenvalue weighted by Crippen LogP contribution is -2.31. The summed E-state index contributed by atoms with van der Waals surface area (Å²) in [6.45, 7) is 6.55. The van der Waals surface area contributed by atoms with Crippen molar-refractivity contribution in [3.8, 4) is 0 Å². The van der Waals surface area contributed by atoms with Gasteiger partial charge < -0.3 is 57.8 Å². The standard InChI is InChI=1S/C24H46FNO13/c25-1-3-30-5-7-32-9-11-34-13-15-36-17-19-38-20-18-37-16-14-35-12-10-33-8-6-31-4-2-26-23(27)21-39-22-24(28)29/h1-22H2,(H,26,27)(H,28,29). The number of aliphatic carboxylic acids is 1. The molecule has 0 rings (SSSR count). The molecule has 2 N–H and O–H groups in total. The number of ether oxygens (including phenoxy) is 10. The fourth-order valence-corrected chi connectivity index (χ4v) is 2.46. The quantitative estimate of drug-likeness (QED) is 0.0949. The van der Waals surface area contributed by atoms with Crippen LogP contribution in [0.25, 0.3) is 0 Å². The third-order valence-corrected chi connectivity index (χ3v) is 4.22. The lowest BCUT2D eigenvalue weighted by Gasteiger charge is -2.09. The van der Waals surface area contributed by atoms with Gasteiger partial charge in [-0.05, 0) is 0 Å². The Morgan fingerprint density at radius 3 is 1.08 bits per heavy atom. The van der Waals surface area contributed by atoms with Gasteiger partial charge in [0.25, 0.3) is 0 Å². The number of carbonyl (C=O) groups excluding carboxylic acids is 1. The number of hydrogen-bond acceptors (Lipinski definition) is 12. The van der Waals surface area contributed by atoms with Gasteiger partial charge in [-0.2, -0.15) is 0 Å². The molecule has 0 aromatic carbocycles. The van der Waals surface area contributed by atoms with Gasteiger partial charge in [-0.15, -0.1) is 0 Å². The number of carboxylic acid groups (broad SMARTS) is 1. The Morgan fingerprint density at radius 2 is 0.769 bits per heavy atom. The van der Waals surface area contributed by atoms with Crippen LogP contribution in [0.2, 0.25) is 0 Å². The van der Waals surface area contributed by atoms with Crippen molar-refractivity contribution in [1.82, 2.24) is 5.32 Å². The van der Waals surface area contributed by atoms with Crippen LogP contribution in [-0.2, 0) is 57.0 Å². The van der Waals surface area contributed by atoms with E-state index >= 15 is 0 Å². The van der Waals surface area contributed by atoms with E-state index in [9.17, 15) is 14.0 Å². The molecule has 0 aromatic rings. The lowest BCUT2D eigenvalue weighted by atomic mass is 10.6. The van der Waals surface area contributed by atoms with Crippen LogP contribution >= 0.6 is 0 Å². The molecular weight excluding hydrogens is 529 g/mol. The van der Waals surface area contributed by atoms with Crippen molar-refractivity contribution in [3.63, 3.8) is 0 Å². The van der Waals surface area contributed by atoms with Crippen molar-refractivity contribution >= 4 is 11.9 Å². The smallest absolute Gasteiger partial charge is 0.329 e. The molecule has 0 aliphatic carbocycles. The zero-order valence-electron chi connectivity index (χ0n) is 22.8. The molecule has 0 aliphatic heterocycles. The molecule has 0 unspecified atom stereocenters. The maximum absolute atomic E-state index is 11.8. The summed E-state index contributed by atoms with van der Waals surface area (Å²) >= 11 is 0. The van der Waals surface area contributed by atoms with Gasteiger partial charge in [0.05, 0.1) is 119 Å². The zero-order chi connectivity index (χ0) is 28.5. The maximum Gasteiger partial charge on any atom is 0.329 e. The van der Waals surface area contributed by atoms with E-state index in [0.29, 0.717) is 119 Å². The molecule has 39 heavy (non-hydrogen) atoms. The van der Waals surface area contributed by atoms with E-state index in [-0.39, 0.29) is 13.2 Å². The number of alkyl halides is 1. The summed E-state index contributed by atoms with van der Waals surface area (Å²) < 4.78 is 64.3. The lowest BCUT2D eigenvalue weighted by molar-refractivity contribution is -0.143. The highest BCUT2D eigenvalue weighted by Gasteiger charge is 2.03. The van der Waals surface area contributed by atoms with E-state index in [1.807, 2.05) is 0 Å². The number of carboxylic acids is 1. The topological polar surface area (TPSA) is 159 Å². The first-order valence-corrected chi connectivity index (χ1v) is 13.0. The first-order valence-electron chi connectivity index (χ1n) is 13.0. The SMILES string of the molecule is O=C(O)COCC(=O)NCCOCCOCCOCCOCCOCCOCCOCCOCCOCCF. The fraction of sp³-hybridized carbons (Fsp3) is 0.917. The molecule has 0 aliphatic rings. The van der Waals surface area contributed by atoms with Crippen molar-refractivity contribution < 1.29 is 66.5 Å². The summed E-state index contributed by atoms with van der Waals surface area (Å²) in [6.07, 6.45) is 0. The van der Waals surface area contributed by atoms with E-state index in [0.717, 1.165) is 0 Å². The average molecular weight is 576 g/mol. The molecule has 232 valence electrons. The maximum atomic E-state index is 11.8. The van der Waals surface area contributed by atoms with Gasteiger partial charge in [-0.25, -0.2) is 9.18 Å². The van der Waals surface area contributed by atoms with Crippen LogP contribution in [0.5, 0.6) is 0 Å². The Hall–Kier alpha value is -1.53. The molecule has 15 heteroatoms. The molecule has 14 nitrogen and oxygen atoms in total. The van der Waals surface area contributed by atoms with Gasteiger partial charge in [0.1, 0.15) is 19.9 Å². The van der Waals surface area contributed by atoms with Crippen LogP contribution in [0.3, 0.4) is 0 Å². The van der Waals surface area contributed by atoms with E-state index in [4.69, 9.17) is 47.7 Å². The largest absolute Gasteiger partial charge is 0.480 e. The van der Waals surface area contributed by atoms with Gasteiger partial charge in [-0.3, -0.25) is 4.79 Å². The Morgan fingerprint density at radius 1 is 0.462 bits per heavy atom. The van der Waals surface area contributed by atoms with Crippen molar-refractivity contribution in [3.05, 3.63) is 0 Å². The van der Waals surface area contributed by atoms with Gasteiger partial charge in [0.2, 0.25) is 5.91 Å². The molecular formula is C24H46FNO13. The highest BCUT2D eigenvalue weighted by molar-refractivity contribution is 5.77. The number of hydrogen-bond donors (Lipinski definition) is 2. The Bertz CT molecular complexity index is 534. The van der Waals surface area contributed by atoms with Gasteiger partial charge >= 0.3 is 5.97 Å². The monoisotopic (exact) mass is 575 g/mol. The predicted molar refractivity (Wildman–Crippen MR) is 135 cm³/mol.